The number of methoxy groups -OCH3 is 2. The maximum absolute atomic E-state index is 12.6. The molecule has 2 N–H and O–H groups in total. The third-order valence-corrected chi connectivity index (χ3v) is 5.34. The van der Waals surface area contributed by atoms with Gasteiger partial charge in [0.05, 0.1) is 27.4 Å². The first kappa shape index (κ1) is 20.4. The maximum Gasteiger partial charge on any atom is 0.235 e. The highest BCUT2D eigenvalue weighted by atomic mass is 16.5. The number of carbonyl (C=O) groups is 2. The molecule has 0 radical (unpaired) electrons. The van der Waals surface area contributed by atoms with Crippen LogP contribution in [0.15, 0.2) is 18.2 Å². The van der Waals surface area contributed by atoms with Crippen molar-refractivity contribution in [1.29, 1.82) is 0 Å². The molecule has 28 heavy (non-hydrogen) atoms. The highest BCUT2D eigenvalue weighted by Gasteiger charge is 2.56. The van der Waals surface area contributed by atoms with E-state index in [0.29, 0.717) is 37.4 Å². The largest absolute Gasteiger partial charge is 0.493 e. The molecule has 1 aliphatic carbocycles. The van der Waals surface area contributed by atoms with Crippen molar-refractivity contribution in [2.24, 2.45) is 5.41 Å². The lowest BCUT2D eigenvalue weighted by molar-refractivity contribution is -0.137. The molecule has 0 unspecified atom stereocenters. The lowest BCUT2D eigenvalue weighted by Gasteiger charge is -2.26. The third kappa shape index (κ3) is 4.74. The van der Waals surface area contributed by atoms with Gasteiger partial charge in [-0.2, -0.15) is 0 Å². The Kier molecular flexibility index (Phi) is 6.74. The predicted octanol–water partition coefficient (Wildman–Crippen LogP) is 0.549. The van der Waals surface area contributed by atoms with Crippen molar-refractivity contribution in [3.8, 4) is 11.5 Å². The van der Waals surface area contributed by atoms with Crippen LogP contribution in [0.2, 0.25) is 0 Å². The van der Waals surface area contributed by atoms with Gasteiger partial charge in [0.25, 0.3) is 0 Å². The number of hydrogen-bond donors (Lipinski definition) is 2. The Hall–Kier alpha value is -2.32. The van der Waals surface area contributed by atoms with Crippen molar-refractivity contribution in [1.82, 2.24) is 15.5 Å². The molecular formula is C20H29N3O5. The van der Waals surface area contributed by atoms with Crippen molar-refractivity contribution in [2.75, 3.05) is 53.6 Å². The minimum atomic E-state index is -0.915. The fourth-order valence-electron chi connectivity index (χ4n) is 3.35. The number of benzene rings is 1. The Labute approximate surface area is 165 Å². The molecule has 0 spiro atoms. The predicted molar refractivity (Wildman–Crippen MR) is 103 cm³/mol. The minimum absolute atomic E-state index is 0.175. The second kappa shape index (κ2) is 9.25. The highest BCUT2D eigenvalue weighted by Crippen LogP contribution is 2.46. The summed E-state index contributed by atoms with van der Waals surface area (Å²) in [5.74, 6) is 0.851. The van der Waals surface area contributed by atoms with Crippen LogP contribution in [0.25, 0.3) is 0 Å². The fraction of sp³-hybridized carbons (Fsp3) is 0.600. The van der Waals surface area contributed by atoms with E-state index in [1.165, 1.54) is 0 Å². The topological polar surface area (TPSA) is 89.1 Å². The Bertz CT molecular complexity index is 699. The van der Waals surface area contributed by atoms with Gasteiger partial charge in [0.1, 0.15) is 5.41 Å². The van der Waals surface area contributed by atoms with Gasteiger partial charge in [-0.3, -0.25) is 14.5 Å². The summed E-state index contributed by atoms with van der Waals surface area (Å²) in [6.45, 7) is 4.89. The zero-order valence-electron chi connectivity index (χ0n) is 16.6. The van der Waals surface area contributed by atoms with Gasteiger partial charge in [-0.15, -0.1) is 0 Å². The molecule has 2 fully saturated rings. The molecule has 1 saturated heterocycles. The minimum Gasteiger partial charge on any atom is -0.493 e. The molecule has 1 saturated carbocycles. The molecule has 3 rings (SSSR count). The summed E-state index contributed by atoms with van der Waals surface area (Å²) < 4.78 is 15.8. The fourth-order valence-corrected chi connectivity index (χ4v) is 3.35. The van der Waals surface area contributed by atoms with Crippen LogP contribution in [0, 0.1) is 5.41 Å². The van der Waals surface area contributed by atoms with E-state index in [-0.39, 0.29) is 11.8 Å². The molecule has 1 heterocycles. The molecule has 1 aliphatic heterocycles. The van der Waals surface area contributed by atoms with E-state index < -0.39 is 5.41 Å². The van der Waals surface area contributed by atoms with Crippen molar-refractivity contribution in [3.63, 3.8) is 0 Å². The van der Waals surface area contributed by atoms with Gasteiger partial charge in [-0.1, -0.05) is 6.07 Å². The maximum atomic E-state index is 12.6. The standard InChI is InChI=1S/C20H29N3O5/c1-26-16-4-3-15(13-17(16)27-2)14-22-19(25)20(5-6-20)18(24)21-7-8-23-9-11-28-12-10-23/h3-4,13H,5-12,14H2,1-2H3,(H,21,24)(H,22,25). The van der Waals surface area contributed by atoms with Crippen LogP contribution in [0.3, 0.4) is 0 Å². The van der Waals surface area contributed by atoms with Crippen LogP contribution < -0.4 is 20.1 Å². The molecule has 1 aromatic carbocycles. The average molecular weight is 391 g/mol. The second-order valence-electron chi connectivity index (χ2n) is 7.16. The molecule has 2 amide bonds. The highest BCUT2D eigenvalue weighted by molar-refractivity contribution is 6.07. The summed E-state index contributed by atoms with van der Waals surface area (Å²) in [5, 5.41) is 5.81. The first-order chi connectivity index (χ1) is 13.6. The van der Waals surface area contributed by atoms with E-state index in [1.807, 2.05) is 12.1 Å². The quantitative estimate of drug-likeness (QED) is 0.598. The molecule has 8 heteroatoms. The van der Waals surface area contributed by atoms with Gasteiger partial charge in [-0.25, -0.2) is 0 Å². The zero-order chi connectivity index (χ0) is 20.0. The van der Waals surface area contributed by atoms with E-state index in [0.717, 1.165) is 38.4 Å². The second-order valence-corrected chi connectivity index (χ2v) is 7.16. The summed E-state index contributed by atoms with van der Waals surface area (Å²) >= 11 is 0. The van der Waals surface area contributed by atoms with Crippen molar-refractivity contribution < 1.29 is 23.8 Å². The van der Waals surface area contributed by atoms with Crippen LogP contribution in [0.1, 0.15) is 18.4 Å². The van der Waals surface area contributed by atoms with Gasteiger partial charge >= 0.3 is 0 Å². The Balaban J connectivity index is 1.47. The normalized spacial score (nSPS) is 18.2. The number of hydrogen-bond acceptors (Lipinski definition) is 6. The molecule has 0 atom stereocenters. The summed E-state index contributed by atoms with van der Waals surface area (Å²) in [5.41, 5.74) is -0.0313. The Morgan fingerprint density at radius 2 is 1.75 bits per heavy atom. The Morgan fingerprint density at radius 3 is 2.39 bits per heavy atom. The lowest BCUT2D eigenvalue weighted by atomic mass is 10.0. The van der Waals surface area contributed by atoms with Gasteiger partial charge in [0.2, 0.25) is 11.8 Å². The zero-order valence-corrected chi connectivity index (χ0v) is 16.6. The molecular weight excluding hydrogens is 362 g/mol. The van der Waals surface area contributed by atoms with E-state index in [4.69, 9.17) is 14.2 Å². The van der Waals surface area contributed by atoms with Crippen molar-refractivity contribution in [3.05, 3.63) is 23.8 Å². The molecule has 154 valence electrons. The SMILES string of the molecule is COc1ccc(CNC(=O)C2(C(=O)NCCN3CCOCC3)CC2)cc1OC. The molecule has 1 aromatic rings. The van der Waals surface area contributed by atoms with Crippen LogP contribution in [-0.2, 0) is 20.9 Å². The average Bonchev–Trinajstić information content (AvgIpc) is 3.54. The molecule has 0 aromatic heterocycles. The van der Waals surface area contributed by atoms with E-state index in [9.17, 15) is 9.59 Å². The lowest BCUT2D eigenvalue weighted by Crippen LogP contribution is -2.46. The van der Waals surface area contributed by atoms with Crippen LogP contribution in [0.4, 0.5) is 0 Å². The molecule has 8 nitrogen and oxygen atoms in total. The van der Waals surface area contributed by atoms with Crippen molar-refractivity contribution >= 4 is 11.8 Å². The van der Waals surface area contributed by atoms with E-state index in [2.05, 4.69) is 15.5 Å². The number of carbonyl (C=O) groups excluding carboxylic acids is 2. The summed E-state index contributed by atoms with van der Waals surface area (Å²) in [4.78, 5) is 27.4. The number of morpholine rings is 1. The van der Waals surface area contributed by atoms with E-state index >= 15 is 0 Å². The van der Waals surface area contributed by atoms with Crippen molar-refractivity contribution in [2.45, 2.75) is 19.4 Å². The smallest absolute Gasteiger partial charge is 0.235 e. The van der Waals surface area contributed by atoms with Crippen LogP contribution in [-0.4, -0.2) is 70.3 Å². The molecule has 0 bridgehead atoms. The van der Waals surface area contributed by atoms with Gasteiger partial charge in [0.15, 0.2) is 11.5 Å². The number of nitrogens with one attached hydrogen (secondary N) is 2. The first-order valence-electron chi connectivity index (χ1n) is 9.66. The van der Waals surface area contributed by atoms with Crippen LogP contribution in [0.5, 0.6) is 11.5 Å². The monoisotopic (exact) mass is 391 g/mol. The number of nitrogens with zero attached hydrogens (tertiary/aromatic N) is 1. The number of ether oxygens (including phenoxy) is 3. The Morgan fingerprint density at radius 1 is 1.07 bits per heavy atom. The summed E-state index contributed by atoms with van der Waals surface area (Å²) in [6.07, 6.45) is 1.18. The first-order valence-corrected chi connectivity index (χ1v) is 9.66. The summed E-state index contributed by atoms with van der Waals surface area (Å²) in [7, 11) is 3.15. The molecule has 2 aliphatic rings. The van der Waals surface area contributed by atoms with Gasteiger partial charge in [-0.05, 0) is 30.5 Å². The third-order valence-electron chi connectivity index (χ3n) is 5.34. The van der Waals surface area contributed by atoms with Gasteiger partial charge < -0.3 is 24.8 Å². The summed E-state index contributed by atoms with van der Waals surface area (Å²) in [6, 6.07) is 5.48. The van der Waals surface area contributed by atoms with E-state index in [1.54, 1.807) is 20.3 Å². The van der Waals surface area contributed by atoms with Crippen LogP contribution >= 0.6 is 0 Å². The number of rotatable bonds is 9. The van der Waals surface area contributed by atoms with Gasteiger partial charge in [0, 0.05) is 32.7 Å². The number of amides is 2.